The highest BCUT2D eigenvalue weighted by Crippen LogP contribution is 2.15. The highest BCUT2D eigenvalue weighted by atomic mass is 32.2. The quantitative estimate of drug-likeness (QED) is 0.888. The van der Waals surface area contributed by atoms with Crippen molar-refractivity contribution in [1.29, 1.82) is 5.26 Å². The number of nitrogens with one attached hydrogen (secondary N) is 1. The van der Waals surface area contributed by atoms with E-state index in [0.717, 1.165) is 5.56 Å². The molecule has 17 heavy (non-hydrogen) atoms. The molecule has 0 aromatic heterocycles. The molecule has 1 aromatic rings. The molecule has 0 saturated carbocycles. The molecule has 0 unspecified atom stereocenters. The summed E-state index contributed by atoms with van der Waals surface area (Å²) in [7, 11) is -3.53. The normalized spacial score (nSPS) is 12.1. The summed E-state index contributed by atoms with van der Waals surface area (Å²) in [6, 6.07) is 8.71. The van der Waals surface area contributed by atoms with Crippen LogP contribution in [0.25, 0.3) is 0 Å². The molecule has 0 radical (unpaired) electrons. The van der Waals surface area contributed by atoms with E-state index in [0.29, 0.717) is 0 Å². The summed E-state index contributed by atoms with van der Waals surface area (Å²) in [5.74, 6) is 0. The van der Waals surface area contributed by atoms with E-state index in [-0.39, 0.29) is 11.4 Å². The molecule has 0 aliphatic rings. The van der Waals surface area contributed by atoms with Gasteiger partial charge in [0.1, 0.15) is 0 Å². The highest BCUT2D eigenvalue weighted by Gasteiger charge is 2.21. The van der Waals surface area contributed by atoms with Crippen LogP contribution in [0.3, 0.4) is 0 Å². The van der Waals surface area contributed by atoms with Gasteiger partial charge in [-0.05, 0) is 38.5 Å². The molecule has 1 N–H and O–H groups in total. The Kier molecular flexibility index (Phi) is 3.91. The average Bonchev–Trinajstić information content (AvgIpc) is 2.27. The van der Waals surface area contributed by atoms with E-state index < -0.39 is 15.4 Å². The van der Waals surface area contributed by atoms with Crippen LogP contribution in [0, 0.1) is 23.7 Å². The second-order valence-corrected chi connectivity index (χ2v) is 6.40. The van der Waals surface area contributed by atoms with Crippen molar-refractivity contribution in [3.63, 3.8) is 0 Å². The lowest BCUT2D eigenvalue weighted by Gasteiger charge is -2.16. The van der Waals surface area contributed by atoms with Crippen molar-refractivity contribution in [2.24, 2.45) is 5.41 Å². The fourth-order valence-corrected chi connectivity index (χ4v) is 2.50. The Labute approximate surface area is 102 Å². The molecule has 92 valence electrons. The Morgan fingerprint density at radius 3 is 2.59 bits per heavy atom. The smallest absolute Gasteiger partial charge is 0.210 e. The number of hydrogen-bond donors (Lipinski definition) is 1. The summed E-state index contributed by atoms with van der Waals surface area (Å²) < 4.78 is 26.3. The zero-order valence-corrected chi connectivity index (χ0v) is 11.0. The van der Waals surface area contributed by atoms with Crippen LogP contribution in [0.2, 0.25) is 0 Å². The van der Waals surface area contributed by atoms with E-state index >= 15 is 0 Å². The molecule has 0 atom stereocenters. The summed E-state index contributed by atoms with van der Waals surface area (Å²) in [6.07, 6.45) is 0. The second-order valence-electron chi connectivity index (χ2n) is 4.64. The van der Waals surface area contributed by atoms with Gasteiger partial charge < -0.3 is 0 Å². The fourth-order valence-electron chi connectivity index (χ4n) is 1.18. The van der Waals surface area contributed by atoms with Crippen molar-refractivity contribution in [2.45, 2.75) is 25.7 Å². The molecule has 0 aliphatic heterocycles. The van der Waals surface area contributed by atoms with Gasteiger partial charge in [0.2, 0.25) is 10.0 Å². The molecule has 5 heteroatoms. The number of benzene rings is 1. The van der Waals surface area contributed by atoms with Gasteiger partial charge in [-0.15, -0.1) is 0 Å². The van der Waals surface area contributed by atoms with Crippen molar-refractivity contribution in [2.75, 3.05) is 6.54 Å². The molecule has 1 aromatic carbocycles. The first-order chi connectivity index (χ1) is 7.77. The van der Waals surface area contributed by atoms with Crippen molar-refractivity contribution < 1.29 is 8.42 Å². The largest absolute Gasteiger partial charge is 0.240 e. The van der Waals surface area contributed by atoms with Gasteiger partial charge in [-0.1, -0.05) is 12.1 Å². The van der Waals surface area contributed by atoms with E-state index in [2.05, 4.69) is 4.72 Å². The van der Waals surface area contributed by atoms with E-state index in [1.165, 1.54) is 6.07 Å². The van der Waals surface area contributed by atoms with Crippen LogP contribution in [0.15, 0.2) is 29.2 Å². The third kappa shape index (κ3) is 3.84. The van der Waals surface area contributed by atoms with Gasteiger partial charge in [-0.3, -0.25) is 0 Å². The van der Waals surface area contributed by atoms with Crippen molar-refractivity contribution in [3.8, 4) is 6.07 Å². The predicted octanol–water partition coefficient (Wildman–Crippen LogP) is 1.82. The maximum absolute atomic E-state index is 11.9. The molecule has 0 aliphatic carbocycles. The standard InChI is InChI=1S/C12H16N2O2S/c1-10-5-4-6-11(7-10)17(15,16)14-9-12(2,3)8-13/h4-7,14H,9H2,1-3H3. The van der Waals surface area contributed by atoms with Crippen LogP contribution < -0.4 is 4.72 Å². The molecule has 4 nitrogen and oxygen atoms in total. The number of nitriles is 1. The molecular formula is C12H16N2O2S. The van der Waals surface area contributed by atoms with Gasteiger partial charge in [-0.25, -0.2) is 13.1 Å². The summed E-state index contributed by atoms with van der Waals surface area (Å²) in [5, 5.41) is 8.82. The number of aryl methyl sites for hydroxylation is 1. The maximum Gasteiger partial charge on any atom is 0.240 e. The Hall–Kier alpha value is -1.38. The minimum Gasteiger partial charge on any atom is -0.210 e. The van der Waals surface area contributed by atoms with Gasteiger partial charge in [0.05, 0.1) is 16.4 Å². The first-order valence-corrected chi connectivity index (χ1v) is 6.73. The number of rotatable bonds is 4. The average molecular weight is 252 g/mol. The van der Waals surface area contributed by atoms with Crippen LogP contribution in [-0.4, -0.2) is 15.0 Å². The van der Waals surface area contributed by atoms with Crippen molar-refractivity contribution >= 4 is 10.0 Å². The number of hydrogen-bond acceptors (Lipinski definition) is 3. The topological polar surface area (TPSA) is 70.0 Å². The lowest BCUT2D eigenvalue weighted by molar-refractivity contribution is 0.479. The molecule has 0 bridgehead atoms. The minimum absolute atomic E-state index is 0.0970. The first kappa shape index (κ1) is 13.7. The minimum atomic E-state index is -3.53. The molecule has 0 amide bonds. The fraction of sp³-hybridized carbons (Fsp3) is 0.417. The highest BCUT2D eigenvalue weighted by molar-refractivity contribution is 7.89. The summed E-state index contributed by atoms with van der Waals surface area (Å²) in [5.41, 5.74) is 0.170. The van der Waals surface area contributed by atoms with E-state index in [1.54, 1.807) is 26.0 Å². The van der Waals surface area contributed by atoms with E-state index in [9.17, 15) is 8.42 Å². The van der Waals surface area contributed by atoms with E-state index in [1.807, 2.05) is 19.1 Å². The van der Waals surface area contributed by atoms with Gasteiger partial charge in [0, 0.05) is 6.54 Å². The monoisotopic (exact) mass is 252 g/mol. The summed E-state index contributed by atoms with van der Waals surface area (Å²) >= 11 is 0. The van der Waals surface area contributed by atoms with Crippen LogP contribution in [0.4, 0.5) is 0 Å². The van der Waals surface area contributed by atoms with Crippen molar-refractivity contribution in [3.05, 3.63) is 29.8 Å². The number of sulfonamides is 1. The third-order valence-electron chi connectivity index (χ3n) is 2.31. The SMILES string of the molecule is Cc1cccc(S(=O)(=O)NCC(C)(C)C#N)c1. The maximum atomic E-state index is 11.9. The lowest BCUT2D eigenvalue weighted by Crippen LogP contribution is -2.33. The Morgan fingerprint density at radius 2 is 2.06 bits per heavy atom. The van der Waals surface area contributed by atoms with Crippen LogP contribution in [-0.2, 0) is 10.0 Å². The van der Waals surface area contributed by atoms with E-state index in [4.69, 9.17) is 5.26 Å². The molecule has 0 fully saturated rings. The second kappa shape index (κ2) is 4.86. The van der Waals surface area contributed by atoms with Gasteiger partial charge in [-0.2, -0.15) is 5.26 Å². The van der Waals surface area contributed by atoms with Crippen molar-refractivity contribution in [1.82, 2.24) is 4.72 Å². The predicted molar refractivity (Wildman–Crippen MR) is 65.8 cm³/mol. The molecule has 0 heterocycles. The van der Waals surface area contributed by atoms with Gasteiger partial charge in [0.25, 0.3) is 0 Å². The first-order valence-electron chi connectivity index (χ1n) is 5.24. The molecule has 1 rings (SSSR count). The Balaban J connectivity index is 2.88. The summed E-state index contributed by atoms with van der Waals surface area (Å²) in [4.78, 5) is 0.228. The molecular weight excluding hydrogens is 236 g/mol. The molecule has 0 saturated heterocycles. The Morgan fingerprint density at radius 1 is 1.41 bits per heavy atom. The zero-order chi connectivity index (χ0) is 13.1. The van der Waals surface area contributed by atoms with Gasteiger partial charge in [0.15, 0.2) is 0 Å². The van der Waals surface area contributed by atoms with Gasteiger partial charge >= 0.3 is 0 Å². The van der Waals surface area contributed by atoms with Crippen LogP contribution in [0.1, 0.15) is 19.4 Å². The zero-order valence-electron chi connectivity index (χ0n) is 10.2. The van der Waals surface area contributed by atoms with Crippen LogP contribution in [0.5, 0.6) is 0 Å². The number of nitrogens with zero attached hydrogens (tertiary/aromatic N) is 1. The van der Waals surface area contributed by atoms with Crippen LogP contribution >= 0.6 is 0 Å². The summed E-state index contributed by atoms with van der Waals surface area (Å²) in [6.45, 7) is 5.30. The Bertz CT molecular complexity index is 542. The molecule has 0 spiro atoms. The lowest BCUT2D eigenvalue weighted by atomic mass is 9.97. The third-order valence-corrected chi connectivity index (χ3v) is 3.71.